The van der Waals surface area contributed by atoms with Gasteiger partial charge >= 0.3 is 0 Å². The molecule has 0 aromatic carbocycles. The molecule has 0 spiro atoms. The Morgan fingerprint density at radius 1 is 1.53 bits per heavy atom. The number of rotatable bonds is 6. The lowest BCUT2D eigenvalue weighted by Gasteiger charge is -2.24. The van der Waals surface area contributed by atoms with Gasteiger partial charge in [0.25, 0.3) is 0 Å². The fourth-order valence-electron chi connectivity index (χ4n) is 1.55. The highest BCUT2D eigenvalue weighted by molar-refractivity contribution is 4.95. The fourth-order valence-corrected chi connectivity index (χ4v) is 1.55. The lowest BCUT2D eigenvalue weighted by molar-refractivity contribution is -0.0146. The van der Waals surface area contributed by atoms with Gasteiger partial charge in [0.15, 0.2) is 0 Å². The van der Waals surface area contributed by atoms with E-state index in [0.29, 0.717) is 6.61 Å². The highest BCUT2D eigenvalue weighted by Gasteiger charge is 2.16. The maximum absolute atomic E-state index is 5.73. The number of hydrogen-bond acceptors (Lipinski definition) is 4. The summed E-state index contributed by atoms with van der Waals surface area (Å²) in [6.07, 6.45) is 4.57. The van der Waals surface area contributed by atoms with E-state index in [4.69, 9.17) is 10.6 Å². The molecule has 1 unspecified atom stereocenters. The van der Waals surface area contributed by atoms with Gasteiger partial charge in [-0.25, -0.2) is 4.98 Å². The van der Waals surface area contributed by atoms with Crippen LogP contribution in [0.3, 0.4) is 0 Å². The zero-order valence-corrected chi connectivity index (χ0v) is 11.2. The number of aromatic nitrogens is 2. The average Bonchev–Trinajstić information content (AvgIpc) is 2.70. The van der Waals surface area contributed by atoms with E-state index >= 15 is 0 Å². The van der Waals surface area contributed by atoms with Crippen molar-refractivity contribution in [3.63, 3.8) is 0 Å². The number of aryl methyl sites for hydroxylation is 1. The highest BCUT2D eigenvalue weighted by Crippen LogP contribution is 2.09. The van der Waals surface area contributed by atoms with E-state index in [9.17, 15) is 0 Å². The Labute approximate surface area is 103 Å². The normalized spacial score (nSPS) is 13.9. The van der Waals surface area contributed by atoms with Gasteiger partial charge in [0.1, 0.15) is 5.82 Å². The summed E-state index contributed by atoms with van der Waals surface area (Å²) in [5.74, 6) is 6.58. The predicted octanol–water partition coefficient (Wildman–Crippen LogP) is 1.09. The zero-order valence-electron chi connectivity index (χ0n) is 11.2. The Hall–Kier alpha value is -0.910. The van der Waals surface area contributed by atoms with Crippen molar-refractivity contribution in [2.45, 2.75) is 52.3 Å². The van der Waals surface area contributed by atoms with E-state index in [-0.39, 0.29) is 11.6 Å². The van der Waals surface area contributed by atoms with Gasteiger partial charge in [0.05, 0.1) is 18.2 Å². The van der Waals surface area contributed by atoms with Crippen molar-refractivity contribution in [1.29, 1.82) is 0 Å². The largest absolute Gasteiger partial charge is 0.374 e. The lowest BCUT2D eigenvalue weighted by Crippen LogP contribution is -2.42. The monoisotopic (exact) mass is 240 g/mol. The van der Waals surface area contributed by atoms with Crippen LogP contribution in [-0.2, 0) is 17.7 Å². The van der Waals surface area contributed by atoms with Gasteiger partial charge in [0, 0.05) is 25.4 Å². The number of hydrazine groups is 1. The summed E-state index contributed by atoms with van der Waals surface area (Å²) < 4.78 is 7.84. The van der Waals surface area contributed by atoms with E-state index < -0.39 is 0 Å². The first-order chi connectivity index (χ1) is 7.96. The van der Waals surface area contributed by atoms with Gasteiger partial charge in [-0.1, -0.05) is 0 Å². The summed E-state index contributed by atoms with van der Waals surface area (Å²) in [6.45, 7) is 9.71. The lowest BCUT2D eigenvalue weighted by atomic mass is 10.1. The van der Waals surface area contributed by atoms with Crippen molar-refractivity contribution in [2.75, 3.05) is 6.61 Å². The number of hydrogen-bond donors (Lipinski definition) is 2. The molecule has 1 aromatic heterocycles. The molecular weight excluding hydrogens is 216 g/mol. The molecule has 5 heteroatoms. The molecular formula is C12H24N4O. The summed E-state index contributed by atoms with van der Waals surface area (Å²) in [4.78, 5) is 4.33. The second-order valence-corrected chi connectivity index (χ2v) is 5.12. The maximum atomic E-state index is 5.73. The first kappa shape index (κ1) is 14.2. The van der Waals surface area contributed by atoms with Crippen LogP contribution >= 0.6 is 0 Å². The smallest absolute Gasteiger partial charge is 0.110 e. The molecule has 98 valence electrons. The SMILES string of the molecule is CCn1ccnc1CC(COC(C)(C)C)NN. The predicted molar refractivity (Wildman–Crippen MR) is 68.4 cm³/mol. The molecule has 0 amide bonds. The minimum absolute atomic E-state index is 0.0851. The standard InChI is InChI=1S/C12H24N4O/c1-5-16-7-6-14-11(16)8-10(15-13)9-17-12(2,3)4/h6-7,10,15H,5,8-9,13H2,1-4H3. The molecule has 1 rings (SSSR count). The van der Waals surface area contributed by atoms with Crippen molar-refractivity contribution in [1.82, 2.24) is 15.0 Å². The minimum Gasteiger partial charge on any atom is -0.374 e. The Morgan fingerprint density at radius 2 is 2.24 bits per heavy atom. The molecule has 0 radical (unpaired) electrons. The van der Waals surface area contributed by atoms with Gasteiger partial charge in [-0.15, -0.1) is 0 Å². The second-order valence-electron chi connectivity index (χ2n) is 5.12. The third kappa shape index (κ3) is 4.85. The van der Waals surface area contributed by atoms with Crippen LogP contribution in [0.15, 0.2) is 12.4 Å². The Bertz CT molecular complexity index is 329. The highest BCUT2D eigenvalue weighted by atomic mass is 16.5. The van der Waals surface area contributed by atoms with Crippen LogP contribution in [0.2, 0.25) is 0 Å². The third-order valence-corrected chi connectivity index (χ3v) is 2.52. The quantitative estimate of drug-likeness (QED) is 0.577. The van der Waals surface area contributed by atoms with Gasteiger partial charge in [-0.2, -0.15) is 0 Å². The topological polar surface area (TPSA) is 65.1 Å². The van der Waals surface area contributed by atoms with E-state index in [2.05, 4.69) is 21.9 Å². The average molecular weight is 240 g/mol. The van der Waals surface area contributed by atoms with Gasteiger partial charge < -0.3 is 9.30 Å². The molecule has 0 saturated heterocycles. The molecule has 5 nitrogen and oxygen atoms in total. The number of ether oxygens (including phenoxy) is 1. The minimum atomic E-state index is -0.144. The number of nitrogens with one attached hydrogen (secondary N) is 1. The van der Waals surface area contributed by atoms with Gasteiger partial charge in [-0.3, -0.25) is 11.3 Å². The van der Waals surface area contributed by atoms with Gasteiger partial charge in [-0.05, 0) is 27.7 Å². The zero-order chi connectivity index (χ0) is 12.9. The summed E-state index contributed by atoms with van der Waals surface area (Å²) in [5, 5.41) is 0. The van der Waals surface area contributed by atoms with Crippen LogP contribution < -0.4 is 11.3 Å². The Morgan fingerprint density at radius 3 is 2.76 bits per heavy atom. The van der Waals surface area contributed by atoms with Crippen molar-refractivity contribution >= 4 is 0 Å². The van der Waals surface area contributed by atoms with E-state index in [0.717, 1.165) is 18.8 Å². The molecule has 17 heavy (non-hydrogen) atoms. The molecule has 0 aliphatic rings. The summed E-state index contributed by atoms with van der Waals surface area (Å²) in [7, 11) is 0. The van der Waals surface area contributed by atoms with Crippen LogP contribution in [0.25, 0.3) is 0 Å². The van der Waals surface area contributed by atoms with Crippen LogP contribution in [0.5, 0.6) is 0 Å². The Kier molecular flexibility index (Phi) is 5.11. The number of nitrogens with zero attached hydrogens (tertiary/aromatic N) is 2. The third-order valence-electron chi connectivity index (χ3n) is 2.52. The molecule has 3 N–H and O–H groups in total. The number of imidazole rings is 1. The van der Waals surface area contributed by atoms with Crippen LogP contribution in [-0.4, -0.2) is 27.8 Å². The number of nitrogens with two attached hydrogens (primary N) is 1. The van der Waals surface area contributed by atoms with Crippen molar-refractivity contribution in [2.24, 2.45) is 5.84 Å². The van der Waals surface area contributed by atoms with Crippen LogP contribution in [0, 0.1) is 0 Å². The molecule has 0 aliphatic carbocycles. The van der Waals surface area contributed by atoms with Crippen molar-refractivity contribution in [3.8, 4) is 0 Å². The Balaban J connectivity index is 2.52. The second kappa shape index (κ2) is 6.14. The maximum Gasteiger partial charge on any atom is 0.110 e. The van der Waals surface area contributed by atoms with Crippen molar-refractivity contribution < 1.29 is 4.74 Å². The first-order valence-corrected chi connectivity index (χ1v) is 6.06. The molecule has 0 fully saturated rings. The fraction of sp³-hybridized carbons (Fsp3) is 0.750. The van der Waals surface area contributed by atoms with Crippen LogP contribution in [0.4, 0.5) is 0 Å². The van der Waals surface area contributed by atoms with Crippen LogP contribution in [0.1, 0.15) is 33.5 Å². The molecule has 1 atom stereocenters. The molecule has 0 aliphatic heterocycles. The molecule has 0 saturated carbocycles. The van der Waals surface area contributed by atoms with E-state index in [1.165, 1.54) is 0 Å². The summed E-state index contributed by atoms with van der Waals surface area (Å²) in [5.41, 5.74) is 2.64. The van der Waals surface area contributed by atoms with Gasteiger partial charge in [0.2, 0.25) is 0 Å². The molecule has 0 bridgehead atoms. The summed E-state index contributed by atoms with van der Waals surface area (Å²) >= 11 is 0. The summed E-state index contributed by atoms with van der Waals surface area (Å²) in [6, 6.07) is 0.0851. The first-order valence-electron chi connectivity index (χ1n) is 6.06. The molecule has 1 aromatic rings. The van der Waals surface area contributed by atoms with E-state index in [1.54, 1.807) is 0 Å². The van der Waals surface area contributed by atoms with Crippen molar-refractivity contribution in [3.05, 3.63) is 18.2 Å². The molecule has 1 heterocycles. The van der Waals surface area contributed by atoms with E-state index in [1.807, 2.05) is 33.2 Å².